The van der Waals surface area contributed by atoms with E-state index in [4.69, 9.17) is 9.57 Å². The van der Waals surface area contributed by atoms with E-state index in [0.717, 1.165) is 27.3 Å². The zero-order valence-electron chi connectivity index (χ0n) is 15.6. The average Bonchev–Trinajstić information content (AvgIpc) is 3.19. The third-order valence-corrected chi connectivity index (χ3v) is 5.30. The van der Waals surface area contributed by atoms with Crippen LogP contribution in [0.5, 0.6) is 0 Å². The van der Waals surface area contributed by atoms with Gasteiger partial charge >= 0.3 is 0 Å². The number of halogens is 1. The first-order valence-electron chi connectivity index (χ1n) is 8.97. The second kappa shape index (κ2) is 8.48. The molecule has 1 aromatic carbocycles. The number of fused-ring (bicyclic) bond motifs is 1. The topological polar surface area (TPSA) is 101 Å². The second-order valence-electron chi connectivity index (χ2n) is 6.57. The van der Waals surface area contributed by atoms with E-state index in [1.54, 1.807) is 5.94 Å². The fraction of sp³-hybridized carbons (Fsp3) is 0.350. The summed E-state index contributed by atoms with van der Waals surface area (Å²) in [5.74, 6) is -1.19. The van der Waals surface area contributed by atoms with Crippen LogP contribution in [-0.2, 0) is 19.2 Å². The Kier molecular flexibility index (Phi) is 6.24. The standard InChI is InChI=1S/C20H21IN2O5/c1-3-4-5-8-20(26)18(17(16(11-24)28-20)19(25)23-27-2)15-10-12-9-13(21)6-7-14(12)22-15/h6-7,9-10,22,26H,3-5,8H2,1-2H3,(H,23,25). The van der Waals surface area contributed by atoms with Crippen LogP contribution < -0.4 is 5.48 Å². The molecule has 1 aliphatic heterocycles. The molecule has 1 aromatic heterocycles. The number of carbonyl (C=O) groups excluding carboxylic acids is 2. The summed E-state index contributed by atoms with van der Waals surface area (Å²) in [7, 11) is 1.29. The van der Waals surface area contributed by atoms with Gasteiger partial charge in [0.2, 0.25) is 11.5 Å². The fourth-order valence-corrected chi connectivity index (χ4v) is 3.90. The number of carbonyl (C=O) groups is 1. The van der Waals surface area contributed by atoms with Crippen molar-refractivity contribution >= 4 is 50.9 Å². The summed E-state index contributed by atoms with van der Waals surface area (Å²) in [6, 6.07) is 7.67. The van der Waals surface area contributed by atoms with Gasteiger partial charge < -0.3 is 14.8 Å². The number of hydrogen-bond donors (Lipinski definition) is 3. The van der Waals surface area contributed by atoms with Crippen molar-refractivity contribution in [3.05, 3.63) is 44.9 Å². The SMILES string of the molecule is CCCCCC1(O)OC(=C=O)C(C(=O)NOC)=C1c1cc2cc(I)ccc2[nH]1. The molecule has 1 unspecified atom stereocenters. The fourth-order valence-electron chi connectivity index (χ4n) is 3.39. The number of nitrogens with one attached hydrogen (secondary N) is 2. The van der Waals surface area contributed by atoms with Gasteiger partial charge in [0, 0.05) is 26.6 Å². The first-order valence-corrected chi connectivity index (χ1v) is 10.0. The minimum absolute atomic E-state index is 0.0860. The van der Waals surface area contributed by atoms with Gasteiger partial charge in [-0.05, 0) is 53.3 Å². The lowest BCUT2D eigenvalue weighted by Gasteiger charge is -2.25. The summed E-state index contributed by atoms with van der Waals surface area (Å²) in [6.07, 6.45) is 2.73. The number of H-pyrrole nitrogens is 1. The van der Waals surface area contributed by atoms with Crippen LogP contribution in [0.3, 0.4) is 0 Å². The minimum atomic E-state index is -1.81. The highest BCUT2D eigenvalue weighted by Gasteiger charge is 2.48. The van der Waals surface area contributed by atoms with Gasteiger partial charge in [0.15, 0.2) is 5.94 Å². The zero-order chi connectivity index (χ0) is 20.3. The lowest BCUT2D eigenvalue weighted by Crippen LogP contribution is -2.30. The monoisotopic (exact) mass is 496 g/mol. The first-order chi connectivity index (χ1) is 13.4. The molecular formula is C20H21IN2O5. The van der Waals surface area contributed by atoms with Crippen LogP contribution in [0.1, 0.15) is 38.3 Å². The molecule has 2 aromatic rings. The van der Waals surface area contributed by atoms with Gasteiger partial charge in [0.1, 0.15) is 5.57 Å². The number of aromatic amines is 1. The maximum atomic E-state index is 12.6. The van der Waals surface area contributed by atoms with Crippen molar-refractivity contribution in [1.82, 2.24) is 10.5 Å². The molecule has 2 heterocycles. The van der Waals surface area contributed by atoms with E-state index in [1.165, 1.54) is 7.11 Å². The number of hydrogen-bond acceptors (Lipinski definition) is 5. The number of hydroxylamine groups is 1. The van der Waals surface area contributed by atoms with Gasteiger partial charge in [-0.15, -0.1) is 0 Å². The molecule has 3 rings (SSSR count). The molecule has 148 valence electrons. The quantitative estimate of drug-likeness (QED) is 0.237. The summed E-state index contributed by atoms with van der Waals surface area (Å²) in [5, 5.41) is 12.2. The molecule has 0 saturated carbocycles. The number of rotatable bonds is 7. The van der Waals surface area contributed by atoms with Gasteiger partial charge in [-0.25, -0.2) is 10.3 Å². The number of unbranched alkanes of at least 4 members (excludes halogenated alkanes) is 2. The molecule has 0 aliphatic carbocycles. The Morgan fingerprint density at radius 2 is 2.18 bits per heavy atom. The van der Waals surface area contributed by atoms with Crippen molar-refractivity contribution in [2.24, 2.45) is 0 Å². The van der Waals surface area contributed by atoms with Crippen LogP contribution in [0, 0.1) is 3.57 Å². The Bertz CT molecular complexity index is 990. The normalized spacial score (nSPS) is 19.1. The Labute approximate surface area is 175 Å². The van der Waals surface area contributed by atoms with E-state index in [0.29, 0.717) is 12.1 Å². The number of aliphatic hydroxyl groups is 1. The van der Waals surface area contributed by atoms with E-state index in [1.807, 2.05) is 31.2 Å². The van der Waals surface area contributed by atoms with E-state index >= 15 is 0 Å². The summed E-state index contributed by atoms with van der Waals surface area (Å²) in [6.45, 7) is 2.05. The molecule has 3 N–H and O–H groups in total. The molecule has 7 nitrogen and oxygen atoms in total. The molecule has 0 spiro atoms. The van der Waals surface area contributed by atoms with E-state index in [-0.39, 0.29) is 23.3 Å². The Balaban J connectivity index is 2.19. The van der Waals surface area contributed by atoms with Crippen molar-refractivity contribution in [3.8, 4) is 0 Å². The zero-order valence-corrected chi connectivity index (χ0v) is 17.8. The van der Waals surface area contributed by atoms with Crippen LogP contribution in [-0.4, -0.2) is 34.8 Å². The van der Waals surface area contributed by atoms with E-state index in [2.05, 4.69) is 33.1 Å². The molecular weight excluding hydrogens is 475 g/mol. The number of aromatic nitrogens is 1. The summed E-state index contributed by atoms with van der Waals surface area (Å²) in [5.41, 5.74) is 3.67. The van der Waals surface area contributed by atoms with Crippen LogP contribution in [0.25, 0.3) is 16.5 Å². The summed E-state index contributed by atoms with van der Waals surface area (Å²) < 4.78 is 6.60. The van der Waals surface area contributed by atoms with Gasteiger partial charge in [-0.3, -0.25) is 9.63 Å². The third kappa shape index (κ3) is 3.86. The third-order valence-electron chi connectivity index (χ3n) is 4.62. The molecule has 28 heavy (non-hydrogen) atoms. The van der Waals surface area contributed by atoms with Gasteiger partial charge in [-0.2, -0.15) is 0 Å². The molecule has 0 bridgehead atoms. The van der Waals surface area contributed by atoms with E-state index < -0.39 is 11.7 Å². The number of ether oxygens (including phenoxy) is 1. The molecule has 1 atom stereocenters. The molecule has 8 heteroatoms. The van der Waals surface area contributed by atoms with Crippen molar-refractivity contribution in [2.45, 2.75) is 38.4 Å². The van der Waals surface area contributed by atoms with Crippen LogP contribution in [0.4, 0.5) is 0 Å². The molecule has 0 fully saturated rings. The molecule has 0 saturated heterocycles. The highest BCUT2D eigenvalue weighted by Crippen LogP contribution is 2.45. The highest BCUT2D eigenvalue weighted by atomic mass is 127. The first kappa shape index (κ1) is 20.6. The van der Waals surface area contributed by atoms with Gasteiger partial charge in [0.25, 0.3) is 5.91 Å². The van der Waals surface area contributed by atoms with Crippen molar-refractivity contribution in [3.63, 3.8) is 0 Å². The lowest BCUT2D eigenvalue weighted by atomic mass is 9.93. The minimum Gasteiger partial charge on any atom is -0.446 e. The Morgan fingerprint density at radius 1 is 1.39 bits per heavy atom. The van der Waals surface area contributed by atoms with Crippen LogP contribution >= 0.6 is 22.6 Å². The van der Waals surface area contributed by atoms with Crippen LogP contribution in [0.2, 0.25) is 0 Å². The second-order valence-corrected chi connectivity index (χ2v) is 7.82. The largest absolute Gasteiger partial charge is 0.446 e. The predicted molar refractivity (Wildman–Crippen MR) is 112 cm³/mol. The lowest BCUT2D eigenvalue weighted by molar-refractivity contribution is -0.128. The van der Waals surface area contributed by atoms with Gasteiger partial charge in [-0.1, -0.05) is 19.8 Å². The van der Waals surface area contributed by atoms with Crippen molar-refractivity contribution in [2.75, 3.05) is 7.11 Å². The maximum Gasteiger partial charge on any atom is 0.280 e. The predicted octanol–water partition coefficient (Wildman–Crippen LogP) is 3.22. The molecule has 1 aliphatic rings. The molecule has 1 amide bonds. The van der Waals surface area contributed by atoms with Crippen molar-refractivity contribution in [1.29, 1.82) is 0 Å². The Morgan fingerprint density at radius 3 is 2.86 bits per heavy atom. The molecule has 0 radical (unpaired) electrons. The van der Waals surface area contributed by atoms with E-state index in [9.17, 15) is 14.7 Å². The average molecular weight is 496 g/mol. The van der Waals surface area contributed by atoms with Crippen LogP contribution in [0.15, 0.2) is 35.6 Å². The summed E-state index contributed by atoms with van der Waals surface area (Å²) >= 11 is 2.21. The Hall–Kier alpha value is -2.13. The highest BCUT2D eigenvalue weighted by molar-refractivity contribution is 14.1. The maximum absolute atomic E-state index is 12.6. The smallest absolute Gasteiger partial charge is 0.280 e. The summed E-state index contributed by atoms with van der Waals surface area (Å²) in [4.78, 5) is 32.0. The number of amides is 1. The number of benzene rings is 1. The van der Waals surface area contributed by atoms with Crippen molar-refractivity contribution < 1.29 is 24.3 Å². The van der Waals surface area contributed by atoms with Gasteiger partial charge in [0.05, 0.1) is 12.7 Å².